The van der Waals surface area contributed by atoms with E-state index in [-0.39, 0.29) is 23.9 Å². The van der Waals surface area contributed by atoms with Crippen molar-refractivity contribution in [3.8, 4) is 0 Å². The highest BCUT2D eigenvalue weighted by Crippen LogP contribution is 2.21. The van der Waals surface area contributed by atoms with Gasteiger partial charge in [-0.3, -0.25) is 14.6 Å². The van der Waals surface area contributed by atoms with E-state index in [0.717, 1.165) is 26.2 Å². The van der Waals surface area contributed by atoms with Gasteiger partial charge in [-0.05, 0) is 26.0 Å². The first-order chi connectivity index (χ1) is 12.4. The van der Waals surface area contributed by atoms with Gasteiger partial charge < -0.3 is 9.64 Å². The Bertz CT molecular complexity index is 607. The van der Waals surface area contributed by atoms with Crippen molar-refractivity contribution >= 4 is 17.5 Å². The molecule has 0 N–H and O–H groups in total. The number of rotatable bonds is 4. The Balaban J connectivity index is 1.47. The van der Waals surface area contributed by atoms with Crippen molar-refractivity contribution in [1.29, 1.82) is 0 Å². The molecule has 1 amide bonds. The van der Waals surface area contributed by atoms with Gasteiger partial charge in [-0.1, -0.05) is 17.7 Å². The van der Waals surface area contributed by atoms with Crippen LogP contribution >= 0.6 is 11.6 Å². The molecule has 2 atom stereocenters. The smallest absolute Gasteiger partial charge is 0.236 e. The van der Waals surface area contributed by atoms with Crippen LogP contribution in [-0.4, -0.2) is 78.6 Å². The summed E-state index contributed by atoms with van der Waals surface area (Å²) >= 11 is 6.12. The molecule has 2 aliphatic heterocycles. The molecule has 7 heteroatoms. The van der Waals surface area contributed by atoms with E-state index in [4.69, 9.17) is 16.3 Å². The lowest BCUT2D eigenvalue weighted by Gasteiger charge is -2.38. The minimum atomic E-state index is -0.259. The summed E-state index contributed by atoms with van der Waals surface area (Å²) in [6, 6.07) is 4.79. The molecule has 2 aliphatic rings. The van der Waals surface area contributed by atoms with Gasteiger partial charge in [0.05, 0.1) is 18.8 Å². The molecule has 0 aliphatic carbocycles. The van der Waals surface area contributed by atoms with Crippen molar-refractivity contribution in [1.82, 2.24) is 14.7 Å². The number of benzene rings is 1. The Morgan fingerprint density at radius 2 is 1.77 bits per heavy atom. The molecule has 0 radical (unpaired) electrons. The van der Waals surface area contributed by atoms with Gasteiger partial charge >= 0.3 is 0 Å². The van der Waals surface area contributed by atoms with Crippen LogP contribution in [0.3, 0.4) is 0 Å². The maximum Gasteiger partial charge on any atom is 0.236 e. The fourth-order valence-corrected chi connectivity index (χ4v) is 3.91. The number of carbonyl (C=O) groups is 1. The van der Waals surface area contributed by atoms with E-state index in [0.29, 0.717) is 36.8 Å². The van der Waals surface area contributed by atoms with Gasteiger partial charge in [-0.15, -0.1) is 0 Å². The third kappa shape index (κ3) is 4.94. The van der Waals surface area contributed by atoms with Crippen molar-refractivity contribution in [2.75, 3.05) is 45.8 Å². The molecule has 0 aromatic heterocycles. The minimum absolute atomic E-state index is 0.0880. The van der Waals surface area contributed by atoms with E-state index < -0.39 is 0 Å². The summed E-state index contributed by atoms with van der Waals surface area (Å²) in [5, 5.41) is 0.471. The third-order valence-corrected chi connectivity index (χ3v) is 5.39. The summed E-state index contributed by atoms with van der Waals surface area (Å²) in [6.45, 7) is 9.47. The Kier molecular flexibility index (Phi) is 6.51. The highest BCUT2D eigenvalue weighted by atomic mass is 35.5. The number of hydrogen-bond acceptors (Lipinski definition) is 4. The monoisotopic (exact) mass is 383 g/mol. The predicted molar refractivity (Wildman–Crippen MR) is 99.7 cm³/mol. The highest BCUT2D eigenvalue weighted by Gasteiger charge is 2.28. The Morgan fingerprint density at radius 3 is 2.38 bits per heavy atom. The predicted octanol–water partition coefficient (Wildman–Crippen LogP) is 2.23. The second kappa shape index (κ2) is 8.65. The Labute approximate surface area is 159 Å². The first kappa shape index (κ1) is 19.5. The van der Waals surface area contributed by atoms with E-state index in [1.54, 1.807) is 12.1 Å². The van der Waals surface area contributed by atoms with Crippen LogP contribution in [0.15, 0.2) is 18.2 Å². The molecule has 0 spiro atoms. The third-order valence-electron chi connectivity index (χ3n) is 5.04. The Morgan fingerprint density at radius 1 is 1.15 bits per heavy atom. The maximum absolute atomic E-state index is 13.9. The number of morpholine rings is 1. The summed E-state index contributed by atoms with van der Waals surface area (Å²) in [5.74, 6) is -0.0942. The molecule has 1 aromatic rings. The topological polar surface area (TPSA) is 36.0 Å². The molecule has 144 valence electrons. The second-order valence-corrected chi connectivity index (χ2v) is 7.72. The number of carbonyl (C=O) groups excluding carboxylic acids is 1. The van der Waals surface area contributed by atoms with Crippen LogP contribution in [0.1, 0.15) is 19.4 Å². The molecule has 2 fully saturated rings. The summed E-state index contributed by atoms with van der Waals surface area (Å²) in [7, 11) is 0. The minimum Gasteiger partial charge on any atom is -0.372 e. The molecule has 26 heavy (non-hydrogen) atoms. The van der Waals surface area contributed by atoms with E-state index in [1.165, 1.54) is 6.07 Å². The summed E-state index contributed by atoms with van der Waals surface area (Å²) in [5.41, 5.74) is 0.551. The average molecular weight is 384 g/mol. The summed E-state index contributed by atoms with van der Waals surface area (Å²) in [6.07, 6.45) is 0.176. The van der Waals surface area contributed by atoms with E-state index in [1.807, 2.05) is 18.7 Å². The zero-order valence-electron chi connectivity index (χ0n) is 15.5. The van der Waals surface area contributed by atoms with Gasteiger partial charge in [0, 0.05) is 56.4 Å². The molecule has 3 rings (SSSR count). The van der Waals surface area contributed by atoms with Crippen LogP contribution in [-0.2, 0) is 16.1 Å². The number of nitrogens with zero attached hydrogens (tertiary/aromatic N) is 3. The number of halogens is 2. The van der Waals surface area contributed by atoms with Gasteiger partial charge in [-0.2, -0.15) is 0 Å². The zero-order valence-corrected chi connectivity index (χ0v) is 16.2. The largest absolute Gasteiger partial charge is 0.372 e. The quantitative estimate of drug-likeness (QED) is 0.799. The maximum atomic E-state index is 13.9. The zero-order chi connectivity index (χ0) is 18.7. The summed E-state index contributed by atoms with van der Waals surface area (Å²) in [4.78, 5) is 18.8. The van der Waals surface area contributed by atoms with Crippen molar-refractivity contribution in [2.24, 2.45) is 0 Å². The normalized spacial score (nSPS) is 25.5. The van der Waals surface area contributed by atoms with Gasteiger partial charge in [0.1, 0.15) is 5.82 Å². The van der Waals surface area contributed by atoms with Crippen LogP contribution in [0.25, 0.3) is 0 Å². The number of ether oxygens (including phenoxy) is 1. The van der Waals surface area contributed by atoms with E-state index in [9.17, 15) is 9.18 Å². The molecular weight excluding hydrogens is 357 g/mol. The van der Waals surface area contributed by atoms with Crippen LogP contribution in [0.2, 0.25) is 5.02 Å². The molecule has 0 bridgehead atoms. The molecule has 2 saturated heterocycles. The fraction of sp³-hybridized carbons (Fsp3) is 0.632. The van der Waals surface area contributed by atoms with Crippen LogP contribution in [0.4, 0.5) is 4.39 Å². The molecular formula is C19H27ClFN3O2. The fourth-order valence-electron chi connectivity index (χ4n) is 3.69. The number of hydrogen-bond donors (Lipinski definition) is 0. The van der Waals surface area contributed by atoms with Crippen molar-refractivity contribution in [3.63, 3.8) is 0 Å². The SMILES string of the molecule is CC1CN(C(=O)CN2CCN(Cc3c(F)cccc3Cl)CC2)CC(C)O1. The molecule has 2 heterocycles. The van der Waals surface area contributed by atoms with E-state index in [2.05, 4.69) is 9.80 Å². The van der Waals surface area contributed by atoms with Gasteiger partial charge in [0.2, 0.25) is 5.91 Å². The average Bonchev–Trinajstić information content (AvgIpc) is 2.59. The molecule has 0 saturated carbocycles. The number of amides is 1. The first-order valence-electron chi connectivity index (χ1n) is 9.23. The lowest BCUT2D eigenvalue weighted by Crippen LogP contribution is -2.53. The van der Waals surface area contributed by atoms with Crippen molar-refractivity contribution in [2.45, 2.75) is 32.6 Å². The van der Waals surface area contributed by atoms with Crippen molar-refractivity contribution in [3.05, 3.63) is 34.6 Å². The van der Waals surface area contributed by atoms with Crippen LogP contribution < -0.4 is 0 Å². The highest BCUT2D eigenvalue weighted by molar-refractivity contribution is 6.31. The molecule has 1 aromatic carbocycles. The standard InChI is InChI=1S/C19H27ClFN3O2/c1-14-10-24(11-15(2)26-14)19(25)13-23-8-6-22(7-9-23)12-16-17(20)4-3-5-18(16)21/h3-5,14-15H,6-13H2,1-2H3. The van der Waals surface area contributed by atoms with Crippen LogP contribution in [0.5, 0.6) is 0 Å². The molecule has 2 unspecified atom stereocenters. The van der Waals surface area contributed by atoms with Gasteiger partial charge in [0.25, 0.3) is 0 Å². The van der Waals surface area contributed by atoms with Crippen molar-refractivity contribution < 1.29 is 13.9 Å². The molecule has 5 nitrogen and oxygen atoms in total. The first-order valence-corrected chi connectivity index (χ1v) is 9.61. The summed E-state index contributed by atoms with van der Waals surface area (Å²) < 4.78 is 19.6. The lowest BCUT2D eigenvalue weighted by atomic mass is 10.1. The van der Waals surface area contributed by atoms with E-state index >= 15 is 0 Å². The number of piperazine rings is 1. The van der Waals surface area contributed by atoms with Crippen LogP contribution in [0, 0.1) is 5.82 Å². The van der Waals surface area contributed by atoms with Gasteiger partial charge in [0.15, 0.2) is 0 Å². The second-order valence-electron chi connectivity index (χ2n) is 7.31. The van der Waals surface area contributed by atoms with Gasteiger partial charge in [-0.25, -0.2) is 4.39 Å². The lowest BCUT2D eigenvalue weighted by molar-refractivity contribution is -0.144. The Hall–Kier alpha value is -1.21.